The van der Waals surface area contributed by atoms with Gasteiger partial charge in [-0.15, -0.1) is 10.2 Å². The molecule has 0 amide bonds. The molecule has 2 aromatic heterocycles. The predicted octanol–water partition coefficient (Wildman–Crippen LogP) is 0.581. The van der Waals surface area contributed by atoms with E-state index in [1.54, 1.807) is 24.3 Å². The van der Waals surface area contributed by atoms with E-state index in [-0.39, 0.29) is 0 Å². The van der Waals surface area contributed by atoms with Crippen LogP contribution >= 0.6 is 0 Å². The Kier molecular flexibility index (Phi) is 3.65. The second kappa shape index (κ2) is 5.92. The highest BCUT2D eigenvalue weighted by molar-refractivity contribution is 5.72. The van der Waals surface area contributed by atoms with Gasteiger partial charge in [-0.25, -0.2) is 9.78 Å². The monoisotopic (exact) mass is 294 g/mol. The molecule has 2 heterocycles. The lowest BCUT2D eigenvalue weighted by molar-refractivity contribution is -0.644. The molecular formula is C14H10N6O2. The van der Waals surface area contributed by atoms with Crippen LogP contribution in [0.15, 0.2) is 59.7 Å². The number of hydrogen-bond donors (Lipinski definition) is 1. The van der Waals surface area contributed by atoms with Gasteiger partial charge in [-0.1, -0.05) is 34.2 Å². The van der Waals surface area contributed by atoms with Crippen molar-refractivity contribution in [1.29, 1.82) is 0 Å². The SMILES string of the molecule is O=c1nc2ccccc2[n+]([O-])[nH]1.c1ccc2nncnc2c1. The summed E-state index contributed by atoms with van der Waals surface area (Å²) in [5, 5.41) is 20.5. The minimum atomic E-state index is -0.635. The van der Waals surface area contributed by atoms with Crippen LogP contribution in [0.1, 0.15) is 0 Å². The number of aromatic nitrogens is 6. The van der Waals surface area contributed by atoms with Crippen LogP contribution in [-0.2, 0) is 0 Å². The molecule has 22 heavy (non-hydrogen) atoms. The molecule has 2 aromatic carbocycles. The Morgan fingerprint density at radius 3 is 2.41 bits per heavy atom. The van der Waals surface area contributed by atoms with Crippen molar-refractivity contribution in [3.8, 4) is 0 Å². The number of benzene rings is 2. The van der Waals surface area contributed by atoms with Gasteiger partial charge in [0.05, 0.1) is 5.52 Å². The van der Waals surface area contributed by atoms with E-state index in [2.05, 4.69) is 20.2 Å². The Labute approximate surface area is 123 Å². The molecule has 108 valence electrons. The zero-order valence-electron chi connectivity index (χ0n) is 11.2. The van der Waals surface area contributed by atoms with Gasteiger partial charge >= 0.3 is 5.69 Å². The highest BCUT2D eigenvalue weighted by Crippen LogP contribution is 2.03. The summed E-state index contributed by atoms with van der Waals surface area (Å²) in [7, 11) is 0. The summed E-state index contributed by atoms with van der Waals surface area (Å²) >= 11 is 0. The first-order valence-electron chi connectivity index (χ1n) is 6.35. The number of H-pyrrole nitrogens is 1. The molecule has 0 fully saturated rings. The minimum Gasteiger partial charge on any atom is -0.595 e. The van der Waals surface area contributed by atoms with Gasteiger partial charge < -0.3 is 5.21 Å². The van der Waals surface area contributed by atoms with E-state index in [0.717, 1.165) is 11.0 Å². The fourth-order valence-corrected chi connectivity index (χ4v) is 1.85. The van der Waals surface area contributed by atoms with Crippen LogP contribution in [-0.4, -0.2) is 25.3 Å². The van der Waals surface area contributed by atoms with Gasteiger partial charge in [-0.3, -0.25) is 0 Å². The molecule has 8 heteroatoms. The molecule has 0 saturated heterocycles. The van der Waals surface area contributed by atoms with Gasteiger partial charge in [-0.05, 0) is 18.2 Å². The predicted molar refractivity (Wildman–Crippen MR) is 78.7 cm³/mol. The molecule has 0 saturated carbocycles. The van der Waals surface area contributed by atoms with Gasteiger partial charge in [0.15, 0.2) is 0 Å². The van der Waals surface area contributed by atoms with Crippen LogP contribution in [0.5, 0.6) is 0 Å². The minimum absolute atomic E-state index is 0.358. The summed E-state index contributed by atoms with van der Waals surface area (Å²) in [4.78, 5) is 18.7. The summed E-state index contributed by atoms with van der Waals surface area (Å²) in [6, 6.07) is 14.3. The van der Waals surface area contributed by atoms with E-state index in [0.29, 0.717) is 15.9 Å². The second-order valence-electron chi connectivity index (χ2n) is 4.26. The summed E-state index contributed by atoms with van der Waals surface area (Å²) in [5.41, 5.74) is 1.85. The summed E-state index contributed by atoms with van der Waals surface area (Å²) < 4.78 is 0. The zero-order valence-corrected chi connectivity index (χ0v) is 11.2. The molecule has 4 aromatic rings. The molecule has 0 spiro atoms. The smallest absolute Gasteiger partial charge is 0.395 e. The van der Waals surface area contributed by atoms with Crippen LogP contribution < -0.4 is 10.5 Å². The Morgan fingerprint density at radius 1 is 0.955 bits per heavy atom. The first kappa shape index (κ1) is 13.6. The number of nitrogens with one attached hydrogen (secondary N) is 1. The topological polar surface area (TPSA) is 111 Å². The number of fused-ring (bicyclic) bond motifs is 2. The summed E-state index contributed by atoms with van der Waals surface area (Å²) in [6.45, 7) is 0. The third-order valence-electron chi connectivity index (χ3n) is 2.82. The van der Waals surface area contributed by atoms with E-state index < -0.39 is 5.69 Å². The Morgan fingerprint density at radius 2 is 1.64 bits per heavy atom. The lowest BCUT2D eigenvalue weighted by Crippen LogP contribution is -2.39. The van der Waals surface area contributed by atoms with E-state index in [1.165, 1.54) is 6.33 Å². The highest BCUT2D eigenvalue weighted by Gasteiger charge is 2.03. The van der Waals surface area contributed by atoms with Crippen LogP contribution in [0.2, 0.25) is 0 Å². The van der Waals surface area contributed by atoms with Crippen LogP contribution in [0.3, 0.4) is 0 Å². The van der Waals surface area contributed by atoms with Crippen LogP contribution in [0.4, 0.5) is 0 Å². The van der Waals surface area contributed by atoms with Crippen molar-refractivity contribution in [1.82, 2.24) is 25.3 Å². The molecule has 8 nitrogen and oxygen atoms in total. The summed E-state index contributed by atoms with van der Waals surface area (Å²) in [5.74, 6) is 0. The van der Waals surface area contributed by atoms with Gasteiger partial charge in [-0.2, -0.15) is 4.98 Å². The largest absolute Gasteiger partial charge is 0.595 e. The van der Waals surface area contributed by atoms with E-state index in [9.17, 15) is 10.0 Å². The quantitative estimate of drug-likeness (QED) is 0.375. The van der Waals surface area contributed by atoms with Crippen molar-refractivity contribution in [2.45, 2.75) is 0 Å². The van der Waals surface area contributed by atoms with E-state index in [1.807, 2.05) is 29.4 Å². The zero-order chi connectivity index (χ0) is 15.4. The van der Waals surface area contributed by atoms with Crippen molar-refractivity contribution in [2.75, 3.05) is 0 Å². The molecule has 0 bridgehead atoms. The van der Waals surface area contributed by atoms with Gasteiger partial charge in [0.2, 0.25) is 0 Å². The number of aromatic amines is 1. The second-order valence-corrected chi connectivity index (χ2v) is 4.26. The third-order valence-corrected chi connectivity index (χ3v) is 2.82. The van der Waals surface area contributed by atoms with Crippen molar-refractivity contribution in [3.63, 3.8) is 0 Å². The number of nitrogens with zero attached hydrogens (tertiary/aromatic N) is 5. The fraction of sp³-hybridized carbons (Fsp3) is 0. The normalized spacial score (nSPS) is 10.2. The van der Waals surface area contributed by atoms with E-state index in [4.69, 9.17) is 0 Å². The lowest BCUT2D eigenvalue weighted by atomic mass is 10.3. The van der Waals surface area contributed by atoms with Crippen LogP contribution in [0.25, 0.3) is 22.1 Å². The molecule has 1 N–H and O–H groups in total. The Hall–Kier alpha value is -3.42. The lowest BCUT2D eigenvalue weighted by Gasteiger charge is -1.96. The maximum Gasteiger partial charge on any atom is 0.395 e. The molecule has 0 atom stereocenters. The van der Waals surface area contributed by atoms with Crippen molar-refractivity contribution >= 4 is 22.1 Å². The molecule has 0 unspecified atom stereocenters. The van der Waals surface area contributed by atoms with Crippen LogP contribution in [0, 0.1) is 5.21 Å². The molecule has 0 radical (unpaired) electrons. The van der Waals surface area contributed by atoms with Crippen molar-refractivity contribution in [2.24, 2.45) is 0 Å². The number of para-hydroxylation sites is 3. The maximum absolute atomic E-state index is 11.0. The Balaban J connectivity index is 0.000000133. The Bertz CT molecular complexity index is 920. The summed E-state index contributed by atoms with van der Waals surface area (Å²) in [6.07, 6.45) is 1.45. The molecule has 0 aliphatic rings. The molecule has 0 aliphatic carbocycles. The average Bonchev–Trinajstić information content (AvgIpc) is 2.55. The van der Waals surface area contributed by atoms with Crippen molar-refractivity contribution in [3.05, 3.63) is 70.5 Å². The molecular weight excluding hydrogens is 284 g/mol. The molecule has 4 rings (SSSR count). The van der Waals surface area contributed by atoms with Crippen molar-refractivity contribution < 1.29 is 4.85 Å². The third kappa shape index (κ3) is 2.85. The fourth-order valence-electron chi connectivity index (χ4n) is 1.85. The average molecular weight is 294 g/mol. The first-order valence-corrected chi connectivity index (χ1v) is 6.35. The van der Waals surface area contributed by atoms with Gasteiger partial charge in [0, 0.05) is 6.07 Å². The van der Waals surface area contributed by atoms with Gasteiger partial charge in [0.1, 0.15) is 17.4 Å². The maximum atomic E-state index is 11.0. The number of rotatable bonds is 0. The van der Waals surface area contributed by atoms with Gasteiger partial charge in [0.25, 0.3) is 5.52 Å². The number of hydrogen-bond acceptors (Lipinski definition) is 6. The standard InChI is InChI=1S/C7H5N3O2.C7H5N3/c11-7-8-5-3-1-2-4-6(5)10(12)9-7;1-2-4-7-6(3-1)8-5-9-10-7/h1-4H,(H,8,9,11);1-5H. The first-order chi connectivity index (χ1) is 10.7. The highest BCUT2D eigenvalue weighted by atomic mass is 16.5. The van der Waals surface area contributed by atoms with E-state index >= 15 is 0 Å². The molecule has 0 aliphatic heterocycles.